The summed E-state index contributed by atoms with van der Waals surface area (Å²) in [5, 5.41) is 0. The fourth-order valence-electron chi connectivity index (χ4n) is 1.08. The van der Waals surface area contributed by atoms with Gasteiger partial charge in [0.25, 0.3) is 0 Å². The van der Waals surface area contributed by atoms with Crippen molar-refractivity contribution in [2.75, 3.05) is 7.11 Å². The molecule has 0 N–H and O–H groups in total. The number of rotatable bonds is 6. The van der Waals surface area contributed by atoms with Crippen molar-refractivity contribution in [2.45, 2.75) is 39.5 Å². The molecule has 13 heavy (non-hydrogen) atoms. The van der Waals surface area contributed by atoms with Crippen LogP contribution in [0.5, 0.6) is 0 Å². The third-order valence-corrected chi connectivity index (χ3v) is 1.97. The number of unbranched alkanes of at least 4 members (excludes halogenated alkanes) is 3. The quantitative estimate of drug-likeness (QED) is 0.360. The van der Waals surface area contributed by atoms with E-state index in [0.29, 0.717) is 0 Å². The molecule has 0 fully saturated rings. The van der Waals surface area contributed by atoms with Crippen LogP contribution in [0, 0.1) is 5.92 Å². The molecular formula is C11H20O2. The Morgan fingerprint density at radius 3 is 2.69 bits per heavy atom. The first-order valence-electron chi connectivity index (χ1n) is 4.96. The van der Waals surface area contributed by atoms with E-state index < -0.39 is 0 Å². The molecule has 0 amide bonds. The monoisotopic (exact) mass is 184 g/mol. The summed E-state index contributed by atoms with van der Waals surface area (Å²) in [4.78, 5) is 11.0. The fourth-order valence-corrected chi connectivity index (χ4v) is 1.08. The maximum absolute atomic E-state index is 11.0. The van der Waals surface area contributed by atoms with Crippen LogP contribution in [0.15, 0.2) is 12.2 Å². The Labute approximate surface area is 81.0 Å². The lowest BCUT2D eigenvalue weighted by atomic mass is 10.1. The van der Waals surface area contributed by atoms with Gasteiger partial charge >= 0.3 is 5.97 Å². The SMILES string of the molecule is CCCCCC=CC(C)C(=O)OC. The molecule has 0 aliphatic heterocycles. The average Bonchev–Trinajstić information content (AvgIpc) is 2.16. The van der Waals surface area contributed by atoms with Crippen molar-refractivity contribution in [1.29, 1.82) is 0 Å². The topological polar surface area (TPSA) is 26.3 Å². The number of hydrogen-bond donors (Lipinski definition) is 0. The van der Waals surface area contributed by atoms with Gasteiger partial charge in [0.2, 0.25) is 0 Å². The van der Waals surface area contributed by atoms with E-state index in [1.807, 2.05) is 13.0 Å². The second kappa shape index (κ2) is 7.84. The third-order valence-electron chi connectivity index (χ3n) is 1.97. The molecule has 0 spiro atoms. The highest BCUT2D eigenvalue weighted by Gasteiger charge is 2.07. The van der Waals surface area contributed by atoms with E-state index >= 15 is 0 Å². The summed E-state index contributed by atoms with van der Waals surface area (Å²) < 4.78 is 4.60. The van der Waals surface area contributed by atoms with Gasteiger partial charge in [0.1, 0.15) is 0 Å². The number of ether oxygens (including phenoxy) is 1. The van der Waals surface area contributed by atoms with Crippen molar-refractivity contribution in [1.82, 2.24) is 0 Å². The summed E-state index contributed by atoms with van der Waals surface area (Å²) in [6, 6.07) is 0. The van der Waals surface area contributed by atoms with Gasteiger partial charge in [-0.2, -0.15) is 0 Å². The van der Waals surface area contributed by atoms with Gasteiger partial charge in [0, 0.05) is 0 Å². The van der Waals surface area contributed by atoms with Crippen LogP contribution in [-0.2, 0) is 9.53 Å². The Morgan fingerprint density at radius 1 is 1.46 bits per heavy atom. The molecule has 76 valence electrons. The van der Waals surface area contributed by atoms with Crippen LogP contribution in [0.25, 0.3) is 0 Å². The van der Waals surface area contributed by atoms with Crippen LogP contribution in [0.1, 0.15) is 39.5 Å². The summed E-state index contributed by atoms with van der Waals surface area (Å²) >= 11 is 0. The molecule has 0 rings (SSSR count). The highest BCUT2D eigenvalue weighted by atomic mass is 16.5. The normalized spacial score (nSPS) is 13.2. The Balaban J connectivity index is 3.53. The van der Waals surface area contributed by atoms with Gasteiger partial charge in [0.05, 0.1) is 13.0 Å². The highest BCUT2D eigenvalue weighted by Crippen LogP contribution is 2.04. The molecule has 0 heterocycles. The number of hydrogen-bond acceptors (Lipinski definition) is 2. The first kappa shape index (κ1) is 12.2. The standard InChI is InChI=1S/C11H20O2/c1-4-5-6-7-8-9-10(2)11(12)13-3/h8-10H,4-7H2,1-3H3. The number of esters is 1. The predicted molar refractivity (Wildman–Crippen MR) is 54.5 cm³/mol. The zero-order valence-electron chi connectivity index (χ0n) is 8.88. The lowest BCUT2D eigenvalue weighted by molar-refractivity contribution is -0.143. The zero-order valence-corrected chi connectivity index (χ0v) is 8.88. The van der Waals surface area contributed by atoms with E-state index in [-0.39, 0.29) is 11.9 Å². The molecule has 0 aromatic rings. The van der Waals surface area contributed by atoms with Gasteiger partial charge in [-0.05, 0) is 19.8 Å². The molecule has 0 aliphatic carbocycles. The summed E-state index contributed by atoms with van der Waals surface area (Å²) in [5.41, 5.74) is 0. The Bertz CT molecular complexity index is 161. The minimum absolute atomic E-state index is 0.105. The molecule has 0 aliphatic rings. The van der Waals surface area contributed by atoms with Crippen LogP contribution in [-0.4, -0.2) is 13.1 Å². The van der Waals surface area contributed by atoms with Crippen molar-refractivity contribution < 1.29 is 9.53 Å². The summed E-state index contributed by atoms with van der Waals surface area (Å²) in [7, 11) is 1.42. The molecule has 1 atom stereocenters. The first-order valence-corrected chi connectivity index (χ1v) is 4.96. The lowest BCUT2D eigenvalue weighted by Gasteiger charge is -2.02. The molecule has 0 radical (unpaired) electrons. The number of allylic oxidation sites excluding steroid dienone is 1. The molecular weight excluding hydrogens is 164 g/mol. The maximum Gasteiger partial charge on any atom is 0.312 e. The van der Waals surface area contributed by atoms with Gasteiger partial charge in [-0.25, -0.2) is 0 Å². The van der Waals surface area contributed by atoms with E-state index in [0.717, 1.165) is 6.42 Å². The van der Waals surface area contributed by atoms with E-state index in [9.17, 15) is 4.79 Å². The average molecular weight is 184 g/mol. The second-order valence-corrected chi connectivity index (χ2v) is 3.24. The minimum Gasteiger partial charge on any atom is -0.469 e. The Morgan fingerprint density at radius 2 is 2.15 bits per heavy atom. The summed E-state index contributed by atoms with van der Waals surface area (Å²) in [6.07, 6.45) is 8.76. The van der Waals surface area contributed by atoms with Crippen molar-refractivity contribution in [3.05, 3.63) is 12.2 Å². The number of carbonyl (C=O) groups excluding carboxylic acids is 1. The van der Waals surface area contributed by atoms with Crippen LogP contribution >= 0.6 is 0 Å². The van der Waals surface area contributed by atoms with Crippen LogP contribution in [0.4, 0.5) is 0 Å². The minimum atomic E-state index is -0.160. The van der Waals surface area contributed by atoms with Gasteiger partial charge in [-0.3, -0.25) is 4.79 Å². The molecule has 0 aromatic heterocycles. The van der Waals surface area contributed by atoms with Gasteiger partial charge < -0.3 is 4.74 Å². The molecule has 1 unspecified atom stereocenters. The smallest absolute Gasteiger partial charge is 0.312 e. The highest BCUT2D eigenvalue weighted by molar-refractivity contribution is 5.73. The van der Waals surface area contributed by atoms with Gasteiger partial charge in [0.15, 0.2) is 0 Å². The van der Waals surface area contributed by atoms with Crippen LogP contribution in [0.2, 0.25) is 0 Å². The van der Waals surface area contributed by atoms with E-state index in [1.165, 1.54) is 26.4 Å². The molecule has 2 nitrogen and oxygen atoms in total. The summed E-state index contributed by atoms with van der Waals surface area (Å²) in [5.74, 6) is -0.265. The number of methoxy groups -OCH3 is 1. The third kappa shape index (κ3) is 6.38. The van der Waals surface area contributed by atoms with E-state index in [1.54, 1.807) is 0 Å². The maximum atomic E-state index is 11.0. The molecule has 0 aromatic carbocycles. The molecule has 2 heteroatoms. The van der Waals surface area contributed by atoms with Crippen molar-refractivity contribution in [3.8, 4) is 0 Å². The fraction of sp³-hybridized carbons (Fsp3) is 0.727. The van der Waals surface area contributed by atoms with Gasteiger partial charge in [-0.15, -0.1) is 0 Å². The van der Waals surface area contributed by atoms with E-state index in [2.05, 4.69) is 17.7 Å². The van der Waals surface area contributed by atoms with E-state index in [4.69, 9.17) is 0 Å². The van der Waals surface area contributed by atoms with Crippen molar-refractivity contribution in [2.24, 2.45) is 5.92 Å². The Hall–Kier alpha value is -0.790. The second-order valence-electron chi connectivity index (χ2n) is 3.24. The number of carbonyl (C=O) groups is 1. The van der Waals surface area contributed by atoms with Crippen molar-refractivity contribution in [3.63, 3.8) is 0 Å². The molecule has 0 bridgehead atoms. The van der Waals surface area contributed by atoms with Crippen molar-refractivity contribution >= 4 is 5.97 Å². The molecule has 0 saturated heterocycles. The van der Waals surface area contributed by atoms with Gasteiger partial charge in [-0.1, -0.05) is 31.9 Å². The van der Waals surface area contributed by atoms with Crippen LogP contribution in [0.3, 0.4) is 0 Å². The summed E-state index contributed by atoms with van der Waals surface area (Å²) in [6.45, 7) is 4.03. The molecule has 0 saturated carbocycles. The Kier molecular flexibility index (Phi) is 7.36. The zero-order chi connectivity index (χ0) is 10.1. The predicted octanol–water partition coefficient (Wildman–Crippen LogP) is 2.93. The van der Waals surface area contributed by atoms with Crippen LogP contribution < -0.4 is 0 Å². The largest absolute Gasteiger partial charge is 0.469 e. The lowest BCUT2D eigenvalue weighted by Crippen LogP contribution is -2.09. The first-order chi connectivity index (χ1) is 6.22.